The molecule has 122 valence electrons. The van der Waals surface area contributed by atoms with Gasteiger partial charge >= 0.3 is 0 Å². The van der Waals surface area contributed by atoms with E-state index < -0.39 is 0 Å². The van der Waals surface area contributed by atoms with E-state index in [1.165, 1.54) is 0 Å². The fourth-order valence-electron chi connectivity index (χ4n) is 2.88. The zero-order valence-electron chi connectivity index (χ0n) is 13.1. The molecule has 0 spiro atoms. The highest BCUT2D eigenvalue weighted by Crippen LogP contribution is 2.47. The van der Waals surface area contributed by atoms with Crippen molar-refractivity contribution in [1.29, 1.82) is 0 Å². The summed E-state index contributed by atoms with van der Waals surface area (Å²) < 4.78 is 5.37. The van der Waals surface area contributed by atoms with E-state index in [4.69, 9.17) is 4.42 Å². The molecule has 5 heteroatoms. The number of thiazole rings is 1. The lowest BCUT2D eigenvalue weighted by Gasteiger charge is -2.03. The van der Waals surface area contributed by atoms with Gasteiger partial charge in [0.1, 0.15) is 10.8 Å². The van der Waals surface area contributed by atoms with E-state index in [0.29, 0.717) is 6.54 Å². The van der Waals surface area contributed by atoms with Crippen LogP contribution in [0.4, 0.5) is 0 Å². The molecule has 0 radical (unpaired) electrons. The summed E-state index contributed by atoms with van der Waals surface area (Å²) in [5, 5.41) is 6.11. The Labute approximate surface area is 144 Å². The van der Waals surface area contributed by atoms with Gasteiger partial charge in [0, 0.05) is 35.7 Å². The van der Waals surface area contributed by atoms with Crippen LogP contribution in [0.5, 0.6) is 0 Å². The Bertz CT molecular complexity index is 811. The second-order valence-corrected chi connectivity index (χ2v) is 6.87. The van der Waals surface area contributed by atoms with Crippen LogP contribution >= 0.6 is 11.3 Å². The smallest absolute Gasteiger partial charge is 0.223 e. The topological polar surface area (TPSA) is 55.1 Å². The van der Waals surface area contributed by atoms with Crippen LogP contribution in [0, 0.1) is 5.92 Å². The summed E-state index contributed by atoms with van der Waals surface area (Å²) in [4.78, 5) is 16.8. The third-order valence-corrected chi connectivity index (χ3v) is 5.23. The van der Waals surface area contributed by atoms with Crippen LogP contribution in [0.25, 0.3) is 10.6 Å². The van der Waals surface area contributed by atoms with Crippen molar-refractivity contribution in [3.63, 3.8) is 0 Å². The van der Waals surface area contributed by atoms with Crippen LogP contribution in [0.3, 0.4) is 0 Å². The predicted octanol–water partition coefficient (Wildman–Crippen LogP) is 3.87. The Balaban J connectivity index is 1.26. The Hall–Kier alpha value is -2.40. The average Bonchev–Trinajstić information content (AvgIpc) is 3.01. The molecule has 2 atom stereocenters. The summed E-state index contributed by atoms with van der Waals surface area (Å²) in [5.41, 5.74) is 2.16. The first-order valence-corrected chi connectivity index (χ1v) is 9.00. The van der Waals surface area contributed by atoms with Gasteiger partial charge < -0.3 is 9.73 Å². The fourth-order valence-corrected chi connectivity index (χ4v) is 3.74. The fraction of sp³-hybridized carbons (Fsp3) is 0.263. The van der Waals surface area contributed by atoms with E-state index in [2.05, 4.69) is 27.8 Å². The zero-order valence-corrected chi connectivity index (χ0v) is 14.0. The Morgan fingerprint density at radius 1 is 1.25 bits per heavy atom. The highest BCUT2D eigenvalue weighted by Gasteiger charge is 2.45. The maximum absolute atomic E-state index is 12.2. The van der Waals surface area contributed by atoms with Gasteiger partial charge in [-0.25, -0.2) is 4.98 Å². The maximum Gasteiger partial charge on any atom is 0.223 e. The van der Waals surface area contributed by atoms with Gasteiger partial charge in [-0.2, -0.15) is 0 Å². The van der Waals surface area contributed by atoms with Crippen molar-refractivity contribution >= 4 is 17.2 Å². The Morgan fingerprint density at radius 2 is 2.12 bits per heavy atom. The molecule has 1 saturated carbocycles. The number of hydrogen-bond acceptors (Lipinski definition) is 4. The minimum atomic E-state index is 0.0615. The van der Waals surface area contributed by atoms with Crippen LogP contribution in [0.15, 0.2) is 58.5 Å². The van der Waals surface area contributed by atoms with Crippen molar-refractivity contribution in [2.75, 3.05) is 6.54 Å². The summed E-state index contributed by atoms with van der Waals surface area (Å²) >= 11 is 1.64. The lowest BCUT2D eigenvalue weighted by Crippen LogP contribution is -2.27. The van der Waals surface area contributed by atoms with E-state index in [1.807, 2.05) is 30.3 Å². The first kappa shape index (κ1) is 15.1. The molecule has 0 saturated heterocycles. The first-order chi connectivity index (χ1) is 11.8. The number of carbonyl (C=O) groups excluding carboxylic acids is 1. The van der Waals surface area contributed by atoms with Crippen molar-refractivity contribution in [1.82, 2.24) is 10.3 Å². The molecule has 1 fully saturated rings. The summed E-state index contributed by atoms with van der Waals surface area (Å²) in [5.74, 6) is 1.35. The number of aromatic nitrogens is 1. The second kappa shape index (κ2) is 6.61. The number of benzene rings is 1. The van der Waals surface area contributed by atoms with E-state index in [1.54, 1.807) is 17.6 Å². The summed E-state index contributed by atoms with van der Waals surface area (Å²) in [7, 11) is 0. The summed E-state index contributed by atoms with van der Waals surface area (Å²) in [6, 6.07) is 14.0. The molecule has 4 rings (SSSR count). The van der Waals surface area contributed by atoms with E-state index >= 15 is 0 Å². The number of carbonyl (C=O) groups is 1. The normalized spacial score (nSPS) is 19.2. The van der Waals surface area contributed by atoms with E-state index in [-0.39, 0.29) is 17.7 Å². The van der Waals surface area contributed by atoms with Crippen molar-refractivity contribution in [2.45, 2.75) is 18.8 Å². The molecular formula is C19H18N2O2S. The molecule has 2 aromatic heterocycles. The molecule has 1 N–H and O–H groups in total. The lowest BCUT2D eigenvalue weighted by molar-refractivity contribution is -0.122. The molecule has 1 aliphatic rings. The summed E-state index contributed by atoms with van der Waals surface area (Å²) in [6.45, 7) is 0.623. The minimum absolute atomic E-state index is 0.0615. The summed E-state index contributed by atoms with van der Waals surface area (Å²) in [6.07, 6.45) is 3.30. The third kappa shape index (κ3) is 3.26. The Kier molecular flexibility index (Phi) is 4.17. The van der Waals surface area contributed by atoms with Crippen LogP contribution in [-0.4, -0.2) is 17.4 Å². The monoisotopic (exact) mass is 338 g/mol. The van der Waals surface area contributed by atoms with Gasteiger partial charge in [-0.15, -0.1) is 11.3 Å². The Morgan fingerprint density at radius 3 is 2.92 bits per heavy atom. The quantitative estimate of drug-likeness (QED) is 0.742. The molecular weight excluding hydrogens is 320 g/mol. The standard InChI is InChI=1S/C19H18N2O2S/c22-18(16-11-15(16)17-7-4-10-23-17)20-9-8-14-12-24-19(21-14)13-5-2-1-3-6-13/h1-7,10,12,15-16H,8-9,11H2,(H,20,22). The number of rotatable bonds is 6. The van der Waals surface area contributed by atoms with E-state index in [0.717, 1.165) is 34.9 Å². The van der Waals surface area contributed by atoms with Gasteiger partial charge in [0.25, 0.3) is 0 Å². The number of furan rings is 1. The van der Waals surface area contributed by atoms with Gasteiger partial charge in [0.2, 0.25) is 5.91 Å². The molecule has 1 amide bonds. The molecule has 1 aliphatic carbocycles. The van der Waals surface area contributed by atoms with Gasteiger partial charge in [0.05, 0.1) is 12.0 Å². The van der Waals surface area contributed by atoms with E-state index in [9.17, 15) is 4.79 Å². The predicted molar refractivity (Wildman–Crippen MR) is 93.8 cm³/mol. The minimum Gasteiger partial charge on any atom is -0.469 e. The van der Waals surface area contributed by atoms with Crippen molar-refractivity contribution in [3.8, 4) is 10.6 Å². The van der Waals surface area contributed by atoms with Gasteiger partial charge in [-0.05, 0) is 18.6 Å². The number of hydrogen-bond donors (Lipinski definition) is 1. The van der Waals surface area contributed by atoms with Crippen molar-refractivity contribution in [2.24, 2.45) is 5.92 Å². The molecule has 1 aromatic carbocycles. The van der Waals surface area contributed by atoms with Crippen LogP contribution in [0.1, 0.15) is 23.8 Å². The zero-order chi connectivity index (χ0) is 16.4. The maximum atomic E-state index is 12.2. The second-order valence-electron chi connectivity index (χ2n) is 6.02. The number of amides is 1. The van der Waals surface area contributed by atoms with Crippen LogP contribution in [-0.2, 0) is 11.2 Å². The molecule has 24 heavy (non-hydrogen) atoms. The average molecular weight is 338 g/mol. The SMILES string of the molecule is O=C(NCCc1csc(-c2ccccc2)n1)C1CC1c1ccco1. The third-order valence-electron chi connectivity index (χ3n) is 4.29. The molecule has 2 unspecified atom stereocenters. The molecule has 0 bridgehead atoms. The van der Waals surface area contributed by atoms with Gasteiger partial charge in [0.15, 0.2) is 0 Å². The number of nitrogens with zero attached hydrogens (tertiary/aromatic N) is 1. The highest BCUT2D eigenvalue weighted by molar-refractivity contribution is 7.13. The molecule has 2 heterocycles. The largest absolute Gasteiger partial charge is 0.469 e. The number of nitrogens with one attached hydrogen (secondary N) is 1. The van der Waals surface area contributed by atoms with Crippen molar-refractivity contribution < 1.29 is 9.21 Å². The van der Waals surface area contributed by atoms with Crippen LogP contribution < -0.4 is 5.32 Å². The highest BCUT2D eigenvalue weighted by atomic mass is 32.1. The van der Waals surface area contributed by atoms with Gasteiger partial charge in [-0.3, -0.25) is 4.79 Å². The van der Waals surface area contributed by atoms with Gasteiger partial charge in [-0.1, -0.05) is 30.3 Å². The molecule has 0 aliphatic heterocycles. The first-order valence-electron chi connectivity index (χ1n) is 8.12. The van der Waals surface area contributed by atoms with Crippen LogP contribution in [0.2, 0.25) is 0 Å². The molecule has 4 nitrogen and oxygen atoms in total. The molecule has 3 aromatic rings. The van der Waals surface area contributed by atoms with Crippen molar-refractivity contribution in [3.05, 3.63) is 65.6 Å². The lowest BCUT2D eigenvalue weighted by atomic mass is 10.2.